The summed E-state index contributed by atoms with van der Waals surface area (Å²) in [6.07, 6.45) is 0. The molecule has 0 saturated heterocycles. The summed E-state index contributed by atoms with van der Waals surface area (Å²) < 4.78 is 0.990. The SMILES string of the molecule is O=C1c2[nH]nc(-c3ccccc3)c2C(c2ccc(Br)cc2)N1Cc1ccccc1Cl. The van der Waals surface area contributed by atoms with Crippen LogP contribution in [0.3, 0.4) is 0 Å². The number of aromatic nitrogens is 2. The van der Waals surface area contributed by atoms with E-state index in [1.54, 1.807) is 0 Å². The van der Waals surface area contributed by atoms with Crippen LogP contribution in [-0.2, 0) is 6.54 Å². The van der Waals surface area contributed by atoms with Crippen molar-refractivity contribution in [3.63, 3.8) is 0 Å². The molecule has 0 aliphatic carbocycles. The van der Waals surface area contributed by atoms with Crippen molar-refractivity contribution >= 4 is 33.4 Å². The molecule has 1 aromatic heterocycles. The van der Waals surface area contributed by atoms with E-state index in [0.717, 1.165) is 32.4 Å². The summed E-state index contributed by atoms with van der Waals surface area (Å²) >= 11 is 9.92. The Morgan fingerprint density at radius 1 is 0.967 bits per heavy atom. The minimum Gasteiger partial charge on any atom is -0.322 e. The van der Waals surface area contributed by atoms with Gasteiger partial charge in [-0.2, -0.15) is 5.10 Å². The van der Waals surface area contributed by atoms with Crippen molar-refractivity contribution < 1.29 is 4.79 Å². The summed E-state index contributed by atoms with van der Waals surface area (Å²) in [5.41, 5.74) is 5.15. The molecular weight excluding hydrogens is 462 g/mol. The number of aromatic amines is 1. The van der Waals surface area contributed by atoms with E-state index in [1.165, 1.54) is 0 Å². The van der Waals surface area contributed by atoms with Gasteiger partial charge >= 0.3 is 0 Å². The third-order valence-electron chi connectivity index (χ3n) is 5.40. The lowest BCUT2D eigenvalue weighted by Crippen LogP contribution is -2.29. The lowest BCUT2D eigenvalue weighted by atomic mass is 9.96. The molecule has 1 N–H and O–H groups in total. The molecule has 30 heavy (non-hydrogen) atoms. The van der Waals surface area contributed by atoms with E-state index in [0.29, 0.717) is 17.3 Å². The van der Waals surface area contributed by atoms with Crippen molar-refractivity contribution in [2.75, 3.05) is 0 Å². The van der Waals surface area contributed by atoms with Crippen LogP contribution >= 0.6 is 27.5 Å². The van der Waals surface area contributed by atoms with E-state index in [-0.39, 0.29) is 11.9 Å². The van der Waals surface area contributed by atoms with Crippen molar-refractivity contribution in [1.29, 1.82) is 0 Å². The van der Waals surface area contributed by atoms with Crippen molar-refractivity contribution in [2.45, 2.75) is 12.6 Å². The van der Waals surface area contributed by atoms with Gasteiger partial charge in [-0.15, -0.1) is 0 Å². The number of amides is 1. The molecule has 0 radical (unpaired) electrons. The summed E-state index contributed by atoms with van der Waals surface area (Å²) in [6, 6.07) is 25.4. The lowest BCUT2D eigenvalue weighted by Gasteiger charge is -2.27. The zero-order valence-corrected chi connectivity index (χ0v) is 18.2. The maximum atomic E-state index is 13.4. The first kappa shape index (κ1) is 19.1. The summed E-state index contributed by atoms with van der Waals surface area (Å²) in [5.74, 6) is -0.0764. The fourth-order valence-electron chi connectivity index (χ4n) is 3.98. The summed E-state index contributed by atoms with van der Waals surface area (Å²) in [6.45, 7) is 0.413. The largest absolute Gasteiger partial charge is 0.322 e. The van der Waals surface area contributed by atoms with Crippen LogP contribution in [0.2, 0.25) is 5.02 Å². The Morgan fingerprint density at radius 2 is 1.67 bits per heavy atom. The summed E-state index contributed by atoms with van der Waals surface area (Å²) in [4.78, 5) is 15.3. The van der Waals surface area contributed by atoms with Gasteiger partial charge in [0, 0.05) is 27.2 Å². The van der Waals surface area contributed by atoms with Crippen molar-refractivity contribution in [2.24, 2.45) is 0 Å². The molecule has 0 spiro atoms. The smallest absolute Gasteiger partial charge is 0.273 e. The summed E-state index contributed by atoms with van der Waals surface area (Å²) in [5, 5.41) is 8.15. The van der Waals surface area contributed by atoms with E-state index in [2.05, 4.69) is 26.1 Å². The third-order valence-corrected chi connectivity index (χ3v) is 6.29. The second-order valence-corrected chi connectivity index (χ2v) is 8.53. The topological polar surface area (TPSA) is 49.0 Å². The molecule has 1 amide bonds. The average Bonchev–Trinajstić information content (AvgIpc) is 3.31. The highest BCUT2D eigenvalue weighted by atomic mass is 79.9. The van der Waals surface area contributed by atoms with Crippen LogP contribution in [0, 0.1) is 0 Å². The molecule has 2 heterocycles. The first-order valence-corrected chi connectivity index (χ1v) is 10.7. The van der Waals surface area contributed by atoms with Gasteiger partial charge in [-0.25, -0.2) is 0 Å². The van der Waals surface area contributed by atoms with Gasteiger partial charge in [0.2, 0.25) is 0 Å². The zero-order valence-electron chi connectivity index (χ0n) is 15.8. The van der Waals surface area contributed by atoms with E-state index in [9.17, 15) is 4.79 Å². The molecule has 4 aromatic rings. The van der Waals surface area contributed by atoms with Gasteiger partial charge in [0.25, 0.3) is 5.91 Å². The standard InChI is InChI=1S/C24H17BrClN3O/c25-18-12-10-16(11-13-18)23-20-21(15-6-2-1-3-7-15)27-28-22(20)24(30)29(23)14-17-8-4-5-9-19(17)26/h1-13,23H,14H2,(H,27,28). The molecule has 0 bridgehead atoms. The van der Waals surface area contributed by atoms with Gasteiger partial charge in [0.15, 0.2) is 0 Å². The minimum absolute atomic E-state index is 0.0764. The van der Waals surface area contributed by atoms with E-state index in [1.807, 2.05) is 83.8 Å². The molecule has 1 aliphatic heterocycles. The molecular formula is C24H17BrClN3O. The average molecular weight is 479 g/mol. The predicted octanol–water partition coefficient (Wildman–Crippen LogP) is 6.24. The van der Waals surface area contributed by atoms with Crippen LogP contribution < -0.4 is 0 Å². The quantitative estimate of drug-likeness (QED) is 0.377. The molecule has 0 saturated carbocycles. The van der Waals surface area contributed by atoms with Gasteiger partial charge in [0.1, 0.15) is 5.69 Å². The van der Waals surface area contributed by atoms with E-state index < -0.39 is 0 Å². The number of hydrogen-bond donors (Lipinski definition) is 1. The Morgan fingerprint density at radius 3 is 2.40 bits per heavy atom. The molecule has 148 valence electrons. The number of hydrogen-bond acceptors (Lipinski definition) is 2. The molecule has 4 nitrogen and oxygen atoms in total. The van der Waals surface area contributed by atoms with E-state index in [4.69, 9.17) is 11.6 Å². The number of halogens is 2. The maximum absolute atomic E-state index is 13.4. The second-order valence-electron chi connectivity index (χ2n) is 7.21. The minimum atomic E-state index is -0.258. The van der Waals surface area contributed by atoms with Gasteiger partial charge in [-0.05, 0) is 29.3 Å². The van der Waals surface area contributed by atoms with Crippen LogP contribution in [0.5, 0.6) is 0 Å². The molecule has 1 atom stereocenters. The van der Waals surface area contributed by atoms with Crippen LogP contribution in [0.1, 0.15) is 33.2 Å². The fraction of sp³-hybridized carbons (Fsp3) is 0.0833. The molecule has 1 aliphatic rings. The highest BCUT2D eigenvalue weighted by molar-refractivity contribution is 9.10. The second kappa shape index (κ2) is 7.74. The van der Waals surface area contributed by atoms with Gasteiger partial charge in [0.05, 0.1) is 11.7 Å². The maximum Gasteiger partial charge on any atom is 0.273 e. The zero-order chi connectivity index (χ0) is 20.7. The van der Waals surface area contributed by atoms with Crippen molar-refractivity contribution in [3.8, 4) is 11.3 Å². The Balaban J connectivity index is 1.66. The number of carbonyl (C=O) groups excluding carboxylic acids is 1. The van der Waals surface area contributed by atoms with Crippen LogP contribution in [0.4, 0.5) is 0 Å². The highest BCUT2D eigenvalue weighted by Gasteiger charge is 2.42. The van der Waals surface area contributed by atoms with Crippen molar-refractivity contribution in [3.05, 3.63) is 111 Å². The molecule has 0 fully saturated rings. The van der Waals surface area contributed by atoms with Gasteiger partial charge < -0.3 is 4.90 Å². The number of fused-ring (bicyclic) bond motifs is 1. The lowest BCUT2D eigenvalue weighted by molar-refractivity contribution is 0.0730. The number of nitrogens with one attached hydrogen (secondary N) is 1. The predicted molar refractivity (Wildman–Crippen MR) is 121 cm³/mol. The molecule has 3 aromatic carbocycles. The number of nitrogens with zero attached hydrogens (tertiary/aromatic N) is 2. The van der Waals surface area contributed by atoms with Crippen molar-refractivity contribution in [1.82, 2.24) is 15.1 Å². The fourth-order valence-corrected chi connectivity index (χ4v) is 4.44. The first-order valence-electron chi connectivity index (χ1n) is 9.57. The monoisotopic (exact) mass is 477 g/mol. The third kappa shape index (κ3) is 3.24. The van der Waals surface area contributed by atoms with E-state index >= 15 is 0 Å². The normalized spacial score (nSPS) is 15.5. The van der Waals surface area contributed by atoms with Crippen LogP contribution in [-0.4, -0.2) is 21.0 Å². The molecule has 1 unspecified atom stereocenters. The Hall–Kier alpha value is -2.89. The Labute approximate surface area is 187 Å². The number of H-pyrrole nitrogens is 1. The Kier molecular flexibility index (Phi) is 4.93. The summed E-state index contributed by atoms with van der Waals surface area (Å²) in [7, 11) is 0. The first-order chi connectivity index (χ1) is 14.6. The van der Waals surface area contributed by atoms with Crippen LogP contribution in [0.25, 0.3) is 11.3 Å². The molecule has 6 heteroatoms. The van der Waals surface area contributed by atoms with Gasteiger partial charge in [-0.1, -0.05) is 88.2 Å². The molecule has 5 rings (SSSR count). The van der Waals surface area contributed by atoms with Gasteiger partial charge in [-0.3, -0.25) is 9.89 Å². The Bertz CT molecular complexity index is 1220. The number of rotatable bonds is 4. The number of benzene rings is 3. The highest BCUT2D eigenvalue weighted by Crippen LogP contribution is 2.43. The van der Waals surface area contributed by atoms with Crippen LogP contribution in [0.15, 0.2) is 83.3 Å². The number of carbonyl (C=O) groups is 1.